The molecule has 1 aliphatic carbocycles. The Morgan fingerprint density at radius 3 is 3.10 bits per heavy atom. The minimum Gasteiger partial charge on any atom is -0.372 e. The second kappa shape index (κ2) is 6.06. The number of fused-ring (bicyclic) bond motifs is 1. The predicted octanol–water partition coefficient (Wildman–Crippen LogP) is 3.83. The van der Waals surface area contributed by atoms with Crippen molar-refractivity contribution in [2.75, 3.05) is 12.4 Å². The molecule has 0 saturated heterocycles. The van der Waals surface area contributed by atoms with Gasteiger partial charge in [0.1, 0.15) is 17.3 Å². The van der Waals surface area contributed by atoms with Crippen molar-refractivity contribution in [1.29, 1.82) is 0 Å². The number of thiophene rings is 1. The van der Waals surface area contributed by atoms with E-state index in [9.17, 15) is 0 Å². The topological polar surface area (TPSA) is 47.0 Å². The molecule has 4 nitrogen and oxygen atoms in total. The van der Waals surface area contributed by atoms with Gasteiger partial charge in [0.15, 0.2) is 5.82 Å². The molecule has 0 spiro atoms. The number of ether oxygens (including phenoxy) is 1. The van der Waals surface area contributed by atoms with Gasteiger partial charge >= 0.3 is 0 Å². The van der Waals surface area contributed by atoms with Gasteiger partial charge in [0.05, 0.1) is 11.5 Å². The van der Waals surface area contributed by atoms with Gasteiger partial charge in [-0.3, -0.25) is 0 Å². The van der Waals surface area contributed by atoms with Crippen molar-refractivity contribution in [3.05, 3.63) is 17.3 Å². The normalized spacial score (nSPS) is 23.1. The van der Waals surface area contributed by atoms with E-state index in [1.54, 1.807) is 11.3 Å². The van der Waals surface area contributed by atoms with Gasteiger partial charge in [-0.1, -0.05) is 19.8 Å². The van der Waals surface area contributed by atoms with Crippen molar-refractivity contribution in [2.24, 2.45) is 5.92 Å². The van der Waals surface area contributed by atoms with E-state index in [1.165, 1.54) is 25.7 Å². The number of nitrogens with one attached hydrogen (secondary N) is 1. The highest BCUT2D eigenvalue weighted by Gasteiger charge is 2.20. The van der Waals surface area contributed by atoms with Gasteiger partial charge in [-0.15, -0.1) is 11.3 Å². The quantitative estimate of drug-likeness (QED) is 0.930. The lowest BCUT2D eigenvalue weighted by Gasteiger charge is -2.26. The van der Waals surface area contributed by atoms with E-state index < -0.39 is 0 Å². The third kappa shape index (κ3) is 2.94. The maximum Gasteiger partial charge on any atom is 0.158 e. The SMILES string of the molecule is CNc1nc(COC2CCCC(C)C2)nc2sccc12. The average Bonchev–Trinajstić information content (AvgIpc) is 2.92. The van der Waals surface area contributed by atoms with Gasteiger partial charge in [-0.2, -0.15) is 0 Å². The molecule has 0 radical (unpaired) electrons. The van der Waals surface area contributed by atoms with Crippen molar-refractivity contribution < 1.29 is 4.74 Å². The van der Waals surface area contributed by atoms with Crippen LogP contribution >= 0.6 is 11.3 Å². The van der Waals surface area contributed by atoms with Crippen LogP contribution in [0.4, 0.5) is 5.82 Å². The number of hydrogen-bond acceptors (Lipinski definition) is 5. The molecule has 0 amide bonds. The maximum absolute atomic E-state index is 6.02. The highest BCUT2D eigenvalue weighted by Crippen LogP contribution is 2.27. The fourth-order valence-electron chi connectivity index (χ4n) is 2.88. The Hall–Kier alpha value is -1.20. The molecular weight excluding hydrogens is 270 g/mol. The van der Waals surface area contributed by atoms with Crippen LogP contribution in [0.25, 0.3) is 10.2 Å². The summed E-state index contributed by atoms with van der Waals surface area (Å²) >= 11 is 1.65. The van der Waals surface area contributed by atoms with E-state index in [0.717, 1.165) is 27.8 Å². The number of rotatable bonds is 4. The van der Waals surface area contributed by atoms with Crippen LogP contribution in [0.3, 0.4) is 0 Å². The van der Waals surface area contributed by atoms with Crippen molar-refractivity contribution in [3.8, 4) is 0 Å². The van der Waals surface area contributed by atoms with Gasteiger partial charge in [-0.05, 0) is 30.2 Å². The molecule has 1 aliphatic rings. The highest BCUT2D eigenvalue weighted by atomic mass is 32.1. The summed E-state index contributed by atoms with van der Waals surface area (Å²) in [7, 11) is 1.90. The second-order valence-electron chi connectivity index (χ2n) is 5.58. The second-order valence-corrected chi connectivity index (χ2v) is 6.48. The maximum atomic E-state index is 6.02. The zero-order valence-electron chi connectivity index (χ0n) is 12.1. The Bertz CT molecular complexity index is 584. The van der Waals surface area contributed by atoms with Gasteiger partial charge in [0.25, 0.3) is 0 Å². The molecule has 1 N–H and O–H groups in total. The van der Waals surface area contributed by atoms with Gasteiger partial charge in [-0.25, -0.2) is 9.97 Å². The van der Waals surface area contributed by atoms with E-state index >= 15 is 0 Å². The summed E-state index contributed by atoms with van der Waals surface area (Å²) in [6.07, 6.45) is 5.32. The summed E-state index contributed by atoms with van der Waals surface area (Å²) in [6.45, 7) is 2.82. The molecule has 0 aliphatic heterocycles. The first-order valence-corrected chi connectivity index (χ1v) is 8.17. The molecule has 0 aromatic carbocycles. The van der Waals surface area contributed by atoms with Crippen LogP contribution in [0.2, 0.25) is 0 Å². The summed E-state index contributed by atoms with van der Waals surface area (Å²) in [4.78, 5) is 10.2. The average molecular weight is 291 g/mol. The standard InChI is InChI=1S/C15H21N3OS/c1-10-4-3-5-11(8-10)19-9-13-17-14(16-2)12-6-7-20-15(12)18-13/h6-7,10-11H,3-5,8-9H2,1-2H3,(H,16,17,18). The van der Waals surface area contributed by atoms with Crippen molar-refractivity contribution in [3.63, 3.8) is 0 Å². The van der Waals surface area contributed by atoms with Crippen molar-refractivity contribution in [1.82, 2.24) is 9.97 Å². The van der Waals surface area contributed by atoms with Gasteiger partial charge in [0, 0.05) is 7.05 Å². The van der Waals surface area contributed by atoms with Crippen LogP contribution in [-0.2, 0) is 11.3 Å². The number of aromatic nitrogens is 2. The molecule has 1 fully saturated rings. The van der Waals surface area contributed by atoms with Gasteiger partial charge in [0.2, 0.25) is 0 Å². The summed E-state index contributed by atoms with van der Waals surface area (Å²) in [5.41, 5.74) is 0. The molecular formula is C15H21N3OS. The summed E-state index contributed by atoms with van der Waals surface area (Å²) in [6, 6.07) is 2.05. The largest absolute Gasteiger partial charge is 0.372 e. The van der Waals surface area contributed by atoms with Crippen LogP contribution in [0.5, 0.6) is 0 Å². The lowest BCUT2D eigenvalue weighted by Crippen LogP contribution is -2.21. The first-order chi connectivity index (χ1) is 9.76. The lowest BCUT2D eigenvalue weighted by molar-refractivity contribution is 0.00179. The van der Waals surface area contributed by atoms with E-state index in [0.29, 0.717) is 12.7 Å². The smallest absolute Gasteiger partial charge is 0.158 e. The Labute approximate surface area is 123 Å². The third-order valence-electron chi connectivity index (χ3n) is 3.94. The Morgan fingerprint density at radius 2 is 2.30 bits per heavy atom. The molecule has 108 valence electrons. The van der Waals surface area contributed by atoms with E-state index in [1.807, 2.05) is 12.4 Å². The van der Waals surface area contributed by atoms with Crippen LogP contribution in [-0.4, -0.2) is 23.1 Å². The molecule has 2 aromatic rings. The van der Waals surface area contributed by atoms with Crippen LogP contribution < -0.4 is 5.32 Å². The first-order valence-electron chi connectivity index (χ1n) is 7.29. The van der Waals surface area contributed by atoms with Crippen LogP contribution in [0, 0.1) is 5.92 Å². The first kappa shape index (κ1) is 13.8. The number of nitrogens with zero attached hydrogens (tertiary/aromatic N) is 2. The molecule has 2 heterocycles. The van der Waals surface area contributed by atoms with Crippen LogP contribution in [0.1, 0.15) is 38.4 Å². The van der Waals surface area contributed by atoms with E-state index in [4.69, 9.17) is 4.74 Å². The third-order valence-corrected chi connectivity index (χ3v) is 4.75. The molecule has 3 rings (SSSR count). The summed E-state index contributed by atoms with van der Waals surface area (Å²) < 4.78 is 6.02. The molecule has 0 bridgehead atoms. The molecule has 2 aromatic heterocycles. The lowest BCUT2D eigenvalue weighted by atomic mass is 9.89. The van der Waals surface area contributed by atoms with Gasteiger partial charge < -0.3 is 10.1 Å². The summed E-state index contributed by atoms with van der Waals surface area (Å²) in [5, 5.41) is 6.28. The number of anilines is 1. The highest BCUT2D eigenvalue weighted by molar-refractivity contribution is 7.16. The minimum absolute atomic E-state index is 0.374. The molecule has 5 heteroatoms. The summed E-state index contributed by atoms with van der Waals surface area (Å²) in [5.74, 6) is 2.46. The monoisotopic (exact) mass is 291 g/mol. The zero-order valence-corrected chi connectivity index (χ0v) is 12.9. The van der Waals surface area contributed by atoms with E-state index in [-0.39, 0.29) is 0 Å². The Kier molecular flexibility index (Phi) is 4.17. The van der Waals surface area contributed by atoms with Crippen molar-refractivity contribution >= 4 is 27.4 Å². The number of hydrogen-bond donors (Lipinski definition) is 1. The fraction of sp³-hybridized carbons (Fsp3) is 0.600. The van der Waals surface area contributed by atoms with Crippen LogP contribution in [0.15, 0.2) is 11.4 Å². The zero-order chi connectivity index (χ0) is 13.9. The predicted molar refractivity (Wildman–Crippen MR) is 83.2 cm³/mol. The molecule has 2 atom stereocenters. The fourth-order valence-corrected chi connectivity index (χ4v) is 3.66. The Morgan fingerprint density at radius 1 is 1.40 bits per heavy atom. The molecule has 20 heavy (non-hydrogen) atoms. The van der Waals surface area contributed by atoms with E-state index in [2.05, 4.69) is 28.3 Å². The van der Waals surface area contributed by atoms with Crippen molar-refractivity contribution in [2.45, 2.75) is 45.3 Å². The Balaban J connectivity index is 1.70. The molecule has 2 unspecified atom stereocenters. The minimum atomic E-state index is 0.374. The molecule has 1 saturated carbocycles.